The van der Waals surface area contributed by atoms with Crippen LogP contribution >= 0.6 is 11.3 Å². The number of allylic oxidation sites excluding steroid dienone is 1. The van der Waals surface area contributed by atoms with Crippen LogP contribution in [0.15, 0.2) is 87.8 Å². The van der Waals surface area contributed by atoms with Gasteiger partial charge in [-0.3, -0.25) is 19.5 Å². The standard InChI is InChI=1S/C33H31N3O8S/c1-5-42-27-17-22(9-16-26(27)44-19-21-7-12-24(13-8-21)36(39)40)18-28-31(37)35-30(23-10-14-25(41-4)15-11-23)29(32(38)43-6-2)20(3)34-33(35)45-28/h7-18,30H,5-6,19H2,1-4H3/b28-18+/t30-/m0/s1. The molecular weight excluding hydrogens is 598 g/mol. The van der Waals surface area contributed by atoms with Crippen LogP contribution in [-0.4, -0.2) is 35.8 Å². The number of nitrogens with zero attached hydrogens (tertiary/aromatic N) is 3. The SMILES string of the molecule is CCOC(=O)C1=C(C)N=c2s/c(=C/c3ccc(OCc4ccc([N+](=O)[O-])cc4)c(OCC)c3)c(=O)n2[C@H]1c1ccc(OC)cc1. The summed E-state index contributed by atoms with van der Waals surface area (Å²) in [7, 11) is 1.57. The van der Waals surface area contributed by atoms with Gasteiger partial charge in [0, 0.05) is 12.1 Å². The number of thiazole rings is 1. The summed E-state index contributed by atoms with van der Waals surface area (Å²) in [5, 5.41) is 10.9. The number of ether oxygens (including phenoxy) is 4. The number of nitro benzene ring substituents is 1. The van der Waals surface area contributed by atoms with E-state index < -0.39 is 16.9 Å². The van der Waals surface area contributed by atoms with Crippen molar-refractivity contribution in [2.75, 3.05) is 20.3 Å². The molecule has 1 aliphatic heterocycles. The molecule has 12 heteroatoms. The van der Waals surface area contributed by atoms with Crippen LogP contribution < -0.4 is 29.1 Å². The Hall–Kier alpha value is -5.23. The highest BCUT2D eigenvalue weighted by atomic mass is 32.1. The molecule has 1 aliphatic rings. The van der Waals surface area contributed by atoms with E-state index in [2.05, 4.69) is 4.99 Å². The summed E-state index contributed by atoms with van der Waals surface area (Å²) in [5.41, 5.74) is 2.67. The van der Waals surface area contributed by atoms with E-state index in [0.717, 1.165) is 5.56 Å². The Bertz CT molecular complexity index is 1940. The maximum Gasteiger partial charge on any atom is 0.338 e. The first-order valence-corrected chi connectivity index (χ1v) is 15.0. The van der Waals surface area contributed by atoms with E-state index in [1.165, 1.54) is 28.0 Å². The van der Waals surface area contributed by atoms with Gasteiger partial charge in [0.15, 0.2) is 16.3 Å². The van der Waals surface area contributed by atoms with Gasteiger partial charge in [0.1, 0.15) is 12.4 Å². The fraction of sp³-hybridized carbons (Fsp3) is 0.242. The number of nitro groups is 1. The van der Waals surface area contributed by atoms with Crippen molar-refractivity contribution in [3.63, 3.8) is 0 Å². The van der Waals surface area contributed by atoms with Gasteiger partial charge < -0.3 is 18.9 Å². The lowest BCUT2D eigenvalue weighted by Crippen LogP contribution is -2.39. The molecule has 0 spiro atoms. The number of non-ortho nitro benzene ring substituents is 1. The van der Waals surface area contributed by atoms with Crippen molar-refractivity contribution in [2.24, 2.45) is 4.99 Å². The van der Waals surface area contributed by atoms with Crippen molar-refractivity contribution in [1.29, 1.82) is 0 Å². The lowest BCUT2D eigenvalue weighted by Gasteiger charge is -2.24. The third kappa shape index (κ3) is 6.65. The second kappa shape index (κ2) is 13.6. The van der Waals surface area contributed by atoms with Gasteiger partial charge in [-0.05, 0) is 79.9 Å². The van der Waals surface area contributed by atoms with Crippen LogP contribution in [0, 0.1) is 10.1 Å². The number of esters is 1. The number of carbonyl (C=O) groups excluding carboxylic acids is 1. The highest BCUT2D eigenvalue weighted by Crippen LogP contribution is 2.32. The van der Waals surface area contributed by atoms with Crippen LogP contribution in [0.2, 0.25) is 0 Å². The molecule has 45 heavy (non-hydrogen) atoms. The normalized spacial score (nSPS) is 14.4. The van der Waals surface area contributed by atoms with Gasteiger partial charge in [0.2, 0.25) is 0 Å². The molecule has 4 aromatic rings. The number of carbonyl (C=O) groups is 1. The van der Waals surface area contributed by atoms with Gasteiger partial charge in [-0.1, -0.05) is 29.5 Å². The Balaban J connectivity index is 1.51. The van der Waals surface area contributed by atoms with E-state index in [4.69, 9.17) is 18.9 Å². The summed E-state index contributed by atoms with van der Waals surface area (Å²) >= 11 is 1.23. The molecule has 3 aromatic carbocycles. The number of hydrogen-bond donors (Lipinski definition) is 0. The monoisotopic (exact) mass is 629 g/mol. The lowest BCUT2D eigenvalue weighted by atomic mass is 9.96. The zero-order valence-corrected chi connectivity index (χ0v) is 26.0. The van der Waals surface area contributed by atoms with Crippen molar-refractivity contribution in [3.05, 3.63) is 124 Å². The summed E-state index contributed by atoms with van der Waals surface area (Å²) in [6.45, 7) is 6.08. The van der Waals surface area contributed by atoms with Crippen LogP contribution in [0.5, 0.6) is 17.2 Å². The fourth-order valence-electron chi connectivity index (χ4n) is 4.92. The molecule has 0 unspecified atom stereocenters. The van der Waals surface area contributed by atoms with Crippen LogP contribution in [0.25, 0.3) is 6.08 Å². The Kier molecular flexibility index (Phi) is 9.43. The summed E-state index contributed by atoms with van der Waals surface area (Å²) in [5.74, 6) is 1.09. The average molecular weight is 630 g/mol. The van der Waals surface area contributed by atoms with E-state index in [1.54, 1.807) is 63.4 Å². The molecule has 0 N–H and O–H groups in total. The summed E-state index contributed by atoms with van der Waals surface area (Å²) in [6.07, 6.45) is 1.75. The number of aromatic nitrogens is 1. The predicted molar refractivity (Wildman–Crippen MR) is 168 cm³/mol. The van der Waals surface area contributed by atoms with Gasteiger partial charge in [-0.25, -0.2) is 9.79 Å². The van der Waals surface area contributed by atoms with Crippen molar-refractivity contribution < 1.29 is 28.7 Å². The zero-order chi connectivity index (χ0) is 32.1. The minimum atomic E-state index is -0.734. The van der Waals surface area contributed by atoms with E-state index in [9.17, 15) is 19.7 Å². The van der Waals surface area contributed by atoms with Gasteiger partial charge >= 0.3 is 5.97 Å². The molecule has 0 aliphatic carbocycles. The predicted octanol–water partition coefficient (Wildman–Crippen LogP) is 4.69. The quantitative estimate of drug-likeness (QED) is 0.133. The molecule has 0 bridgehead atoms. The third-order valence-electron chi connectivity index (χ3n) is 7.06. The Morgan fingerprint density at radius 2 is 1.76 bits per heavy atom. The highest BCUT2D eigenvalue weighted by Gasteiger charge is 2.33. The van der Waals surface area contributed by atoms with E-state index in [0.29, 0.717) is 55.6 Å². The zero-order valence-electron chi connectivity index (χ0n) is 25.1. The van der Waals surface area contributed by atoms with Gasteiger partial charge in [-0.15, -0.1) is 0 Å². The third-order valence-corrected chi connectivity index (χ3v) is 8.04. The number of benzene rings is 3. The number of fused-ring (bicyclic) bond motifs is 1. The minimum absolute atomic E-state index is 0.00554. The Morgan fingerprint density at radius 1 is 1.02 bits per heavy atom. The van der Waals surface area contributed by atoms with E-state index in [1.807, 2.05) is 25.1 Å². The molecule has 2 heterocycles. The molecule has 0 radical (unpaired) electrons. The summed E-state index contributed by atoms with van der Waals surface area (Å²) in [4.78, 5) is 42.6. The molecular formula is C33H31N3O8S. The lowest BCUT2D eigenvalue weighted by molar-refractivity contribution is -0.384. The molecule has 11 nitrogen and oxygen atoms in total. The maximum atomic E-state index is 13.9. The summed E-state index contributed by atoms with van der Waals surface area (Å²) < 4.78 is 24.4. The minimum Gasteiger partial charge on any atom is -0.497 e. The molecule has 232 valence electrons. The topological polar surface area (TPSA) is 131 Å². The molecule has 1 aromatic heterocycles. The molecule has 0 saturated carbocycles. The van der Waals surface area contributed by atoms with Crippen molar-refractivity contribution in [2.45, 2.75) is 33.4 Å². The molecule has 0 fully saturated rings. The van der Waals surface area contributed by atoms with Crippen molar-refractivity contribution in [3.8, 4) is 17.2 Å². The number of methoxy groups -OCH3 is 1. The van der Waals surface area contributed by atoms with Crippen LogP contribution in [0.1, 0.15) is 43.5 Å². The van der Waals surface area contributed by atoms with Crippen LogP contribution in [0.4, 0.5) is 5.69 Å². The molecule has 0 amide bonds. The van der Waals surface area contributed by atoms with Gasteiger partial charge in [0.05, 0.1) is 47.1 Å². The average Bonchev–Trinajstić information content (AvgIpc) is 3.34. The van der Waals surface area contributed by atoms with E-state index >= 15 is 0 Å². The second-order valence-electron chi connectivity index (χ2n) is 9.93. The van der Waals surface area contributed by atoms with Crippen LogP contribution in [-0.2, 0) is 16.1 Å². The number of hydrogen-bond acceptors (Lipinski definition) is 10. The molecule has 5 rings (SSSR count). The highest BCUT2D eigenvalue weighted by molar-refractivity contribution is 7.07. The van der Waals surface area contributed by atoms with E-state index in [-0.39, 0.29) is 24.5 Å². The smallest absolute Gasteiger partial charge is 0.338 e. The Morgan fingerprint density at radius 3 is 2.40 bits per heavy atom. The van der Waals surface area contributed by atoms with Crippen molar-refractivity contribution >= 4 is 29.1 Å². The number of rotatable bonds is 11. The first-order chi connectivity index (χ1) is 21.7. The fourth-order valence-corrected chi connectivity index (χ4v) is 5.97. The second-order valence-corrected chi connectivity index (χ2v) is 10.9. The van der Waals surface area contributed by atoms with Crippen LogP contribution in [0.3, 0.4) is 0 Å². The van der Waals surface area contributed by atoms with Gasteiger partial charge in [0.25, 0.3) is 11.2 Å². The largest absolute Gasteiger partial charge is 0.497 e. The first-order valence-electron chi connectivity index (χ1n) is 14.2. The first kappa shape index (κ1) is 31.2. The van der Waals surface area contributed by atoms with Gasteiger partial charge in [-0.2, -0.15) is 0 Å². The molecule has 0 saturated heterocycles. The van der Waals surface area contributed by atoms with Crippen molar-refractivity contribution in [1.82, 2.24) is 4.57 Å². The summed E-state index contributed by atoms with van der Waals surface area (Å²) in [6, 6.07) is 17.9. The molecule has 1 atom stereocenters. The Labute approximate surface area is 262 Å². The maximum absolute atomic E-state index is 13.9.